The van der Waals surface area contributed by atoms with Crippen LogP contribution in [-0.4, -0.2) is 116 Å². The van der Waals surface area contributed by atoms with Crippen LogP contribution in [0.1, 0.15) is 61.4 Å². The maximum absolute atomic E-state index is 14.4. The number of amides is 2. The summed E-state index contributed by atoms with van der Waals surface area (Å²) in [5.74, 6) is -0.00647. The molecule has 3 N–H and O–H groups in total. The van der Waals surface area contributed by atoms with Crippen molar-refractivity contribution in [2.24, 2.45) is 10.7 Å². The fraction of sp³-hybridized carbons (Fsp3) is 0.571. The second-order valence-electron chi connectivity index (χ2n) is 12.5. The lowest BCUT2D eigenvalue weighted by Gasteiger charge is -2.42. The number of hydrogen-bond donors (Lipinski definition) is 2. The molecule has 0 radical (unpaired) electrons. The molecule has 2 aromatic rings. The van der Waals surface area contributed by atoms with E-state index in [0.717, 1.165) is 16.7 Å². The largest absolute Gasteiger partial charge is 0.496 e. The SMILES string of the molecule is [2H]CN(C[2H])CCCC[C@@H](C(=O)N1CCN(C2=NC(C)(C)[C@H](c3ccccc3)O2)C[C@H]1C(=O)NCc1ccc(CN)c(OC)c1)N(C[2H])C[2H]. The van der Waals surface area contributed by atoms with E-state index in [-0.39, 0.29) is 65.6 Å². The molecule has 2 aliphatic rings. The van der Waals surface area contributed by atoms with Gasteiger partial charge in [-0.1, -0.05) is 48.9 Å². The number of piperazine rings is 1. The van der Waals surface area contributed by atoms with Crippen molar-refractivity contribution in [3.63, 3.8) is 0 Å². The third kappa shape index (κ3) is 8.57. The minimum Gasteiger partial charge on any atom is -0.496 e. The summed E-state index contributed by atoms with van der Waals surface area (Å²) in [5, 5.41) is 3.02. The van der Waals surface area contributed by atoms with E-state index < -0.39 is 17.6 Å². The Kier molecular flexibility index (Phi) is 10.2. The molecule has 1 saturated heterocycles. The number of benzene rings is 2. The fourth-order valence-corrected chi connectivity index (χ4v) is 5.98. The van der Waals surface area contributed by atoms with Crippen molar-refractivity contribution in [2.75, 3.05) is 61.4 Å². The van der Waals surface area contributed by atoms with E-state index in [4.69, 9.17) is 25.7 Å². The van der Waals surface area contributed by atoms with Crippen LogP contribution >= 0.6 is 0 Å². The number of nitrogens with two attached hydrogens (primary N) is 1. The molecule has 2 aromatic carbocycles. The van der Waals surface area contributed by atoms with Crippen LogP contribution < -0.4 is 15.8 Å². The molecule has 0 unspecified atom stereocenters. The summed E-state index contributed by atoms with van der Waals surface area (Å²) >= 11 is 0. The maximum Gasteiger partial charge on any atom is 0.288 e. The van der Waals surface area contributed by atoms with Crippen molar-refractivity contribution in [3.8, 4) is 5.75 Å². The molecule has 4 rings (SSSR count). The van der Waals surface area contributed by atoms with Crippen LogP contribution in [0.3, 0.4) is 0 Å². The maximum atomic E-state index is 14.4. The molecule has 46 heavy (non-hydrogen) atoms. The monoisotopic (exact) mass is 639 g/mol. The van der Waals surface area contributed by atoms with Gasteiger partial charge in [0, 0.05) is 37.2 Å². The first-order valence-corrected chi connectivity index (χ1v) is 15.7. The van der Waals surface area contributed by atoms with Crippen molar-refractivity contribution < 1.29 is 24.5 Å². The molecule has 2 aliphatic heterocycles. The number of ether oxygens (including phenoxy) is 2. The normalized spacial score (nSPS) is 21.1. The van der Waals surface area contributed by atoms with Gasteiger partial charge in [-0.2, -0.15) is 0 Å². The van der Waals surface area contributed by atoms with Gasteiger partial charge in [-0.05, 0) is 78.5 Å². The first-order valence-electron chi connectivity index (χ1n) is 18.6. The molecule has 252 valence electrons. The number of amidine groups is 1. The van der Waals surface area contributed by atoms with Crippen LogP contribution in [0.25, 0.3) is 0 Å². The van der Waals surface area contributed by atoms with E-state index in [9.17, 15) is 9.59 Å². The van der Waals surface area contributed by atoms with E-state index in [1.54, 1.807) is 16.9 Å². The van der Waals surface area contributed by atoms with Gasteiger partial charge in [0.1, 0.15) is 17.3 Å². The minimum atomic E-state index is -0.894. The Balaban J connectivity index is 1.57. The molecule has 1 fully saturated rings. The summed E-state index contributed by atoms with van der Waals surface area (Å²) < 4.78 is 43.2. The molecular formula is C35H53N7O4. The van der Waals surface area contributed by atoms with Crippen molar-refractivity contribution in [2.45, 2.75) is 69.9 Å². The zero-order valence-electron chi connectivity index (χ0n) is 31.5. The number of unbranched alkanes of at least 4 members (excludes halogenated alkanes) is 1. The number of hydrogen-bond acceptors (Lipinski definition) is 9. The van der Waals surface area contributed by atoms with Crippen LogP contribution in [0.15, 0.2) is 53.5 Å². The predicted octanol–water partition coefficient (Wildman–Crippen LogP) is 2.85. The smallest absolute Gasteiger partial charge is 0.288 e. The van der Waals surface area contributed by atoms with Crippen molar-refractivity contribution >= 4 is 17.8 Å². The van der Waals surface area contributed by atoms with Crippen molar-refractivity contribution in [1.82, 2.24) is 24.9 Å². The van der Waals surface area contributed by atoms with E-state index >= 15 is 0 Å². The Morgan fingerprint density at radius 2 is 1.93 bits per heavy atom. The highest BCUT2D eigenvalue weighted by Crippen LogP contribution is 2.38. The van der Waals surface area contributed by atoms with E-state index in [2.05, 4.69) is 5.32 Å². The van der Waals surface area contributed by atoms with Gasteiger partial charge >= 0.3 is 0 Å². The molecule has 2 heterocycles. The number of carbonyl (C=O) groups is 2. The molecule has 11 heteroatoms. The van der Waals surface area contributed by atoms with Crippen molar-refractivity contribution in [1.29, 1.82) is 0 Å². The molecule has 0 spiro atoms. The average molecular weight is 640 g/mol. The van der Waals surface area contributed by atoms with Crippen LogP contribution in [0.4, 0.5) is 0 Å². The fourth-order valence-electron chi connectivity index (χ4n) is 5.98. The van der Waals surface area contributed by atoms with Gasteiger partial charge in [-0.15, -0.1) is 0 Å². The second kappa shape index (κ2) is 15.8. The van der Waals surface area contributed by atoms with E-state index in [1.165, 1.54) is 4.90 Å². The Morgan fingerprint density at radius 1 is 1.15 bits per heavy atom. The minimum absolute atomic E-state index is 0.0285. The quantitative estimate of drug-likeness (QED) is 0.322. The van der Waals surface area contributed by atoms with Gasteiger partial charge in [0.25, 0.3) is 6.02 Å². The Hall–Kier alpha value is -3.67. The Labute approximate surface area is 280 Å². The first-order chi connectivity index (χ1) is 24.1. The molecule has 0 aliphatic carbocycles. The molecule has 11 nitrogen and oxygen atoms in total. The lowest BCUT2D eigenvalue weighted by molar-refractivity contribution is -0.147. The van der Waals surface area contributed by atoms with Crippen molar-refractivity contribution in [3.05, 3.63) is 65.2 Å². The number of likely N-dealkylation sites (N-methyl/N-ethyl adjacent to an activating group) is 1. The van der Waals surface area contributed by atoms with Crippen LogP contribution in [0.5, 0.6) is 5.75 Å². The number of nitrogens with one attached hydrogen (secondary N) is 1. The van der Waals surface area contributed by atoms with Gasteiger partial charge in [-0.3, -0.25) is 14.5 Å². The molecule has 0 bridgehead atoms. The predicted molar refractivity (Wildman–Crippen MR) is 181 cm³/mol. The zero-order chi connectivity index (χ0) is 36.3. The van der Waals surface area contributed by atoms with E-state index in [1.807, 2.05) is 67.3 Å². The highest BCUT2D eigenvalue weighted by molar-refractivity contribution is 5.91. The Morgan fingerprint density at radius 3 is 2.63 bits per heavy atom. The third-order valence-electron chi connectivity index (χ3n) is 8.55. The second-order valence-corrected chi connectivity index (χ2v) is 12.5. The van der Waals surface area contributed by atoms with Crippen LogP contribution in [-0.2, 0) is 27.4 Å². The summed E-state index contributed by atoms with van der Waals surface area (Å²) in [5.41, 5.74) is 7.94. The van der Waals surface area contributed by atoms with Gasteiger partial charge in [-0.25, -0.2) is 4.99 Å². The molecule has 0 saturated carbocycles. The summed E-state index contributed by atoms with van der Waals surface area (Å²) in [4.78, 5) is 40.1. The van der Waals surface area contributed by atoms with Crippen LogP contribution in [0.2, 0.25) is 0 Å². The molecule has 0 aromatic heterocycles. The van der Waals surface area contributed by atoms with Gasteiger partial charge in [0.05, 0.1) is 19.7 Å². The molecular weight excluding hydrogens is 582 g/mol. The zero-order valence-corrected chi connectivity index (χ0v) is 27.5. The van der Waals surface area contributed by atoms with E-state index in [0.29, 0.717) is 50.7 Å². The Bertz CT molecular complexity index is 1430. The number of carbonyl (C=O) groups excluding carboxylic acids is 2. The third-order valence-corrected chi connectivity index (χ3v) is 8.55. The standard InChI is InChI=1S/C35H53N7O4/c1-35(2)31(26-13-9-8-10-14-26)46-34(38-35)41-19-20-42(33(44)28(40(5)6)15-11-12-18-39(3)4)29(24-41)32(43)37-23-25-16-17-27(22-36)30(21-25)45-7/h8-10,13-14,16-17,21,28-29,31H,11-12,15,18-20,22-24,36H2,1-7H3,(H,37,43)/t28-,29-,31-/m0/s1/i3D,4D,5D,6D. The van der Waals surface area contributed by atoms with Gasteiger partial charge in [0.15, 0.2) is 6.10 Å². The highest BCUT2D eigenvalue weighted by atomic mass is 16.5. The summed E-state index contributed by atoms with van der Waals surface area (Å²) in [6, 6.07) is 14.3. The van der Waals surface area contributed by atoms with Crippen LogP contribution in [0, 0.1) is 0 Å². The summed E-state index contributed by atoms with van der Waals surface area (Å²) in [6.07, 6.45) is 1.36. The van der Waals surface area contributed by atoms with Gasteiger partial charge in [0.2, 0.25) is 11.8 Å². The first kappa shape index (κ1) is 29.7. The molecule has 3 atom stereocenters. The molecule has 2 amide bonds. The lowest BCUT2D eigenvalue weighted by atomic mass is 9.93. The number of methoxy groups -OCH3 is 1. The average Bonchev–Trinajstić information content (AvgIpc) is 3.47. The number of nitrogens with zero attached hydrogens (tertiary/aromatic N) is 5. The highest BCUT2D eigenvalue weighted by Gasteiger charge is 2.45. The number of rotatable bonds is 13. The lowest BCUT2D eigenvalue weighted by Crippen LogP contribution is -2.64. The van der Waals surface area contributed by atoms with Gasteiger partial charge < -0.3 is 35.2 Å². The summed E-state index contributed by atoms with van der Waals surface area (Å²) in [6.45, 7) is 5.87. The topological polar surface area (TPSA) is 116 Å². The number of aliphatic imine (C=N–C) groups is 1. The summed E-state index contributed by atoms with van der Waals surface area (Å²) in [7, 11) is 1.16.